The molecule has 2 heterocycles. The molecule has 1 aliphatic rings. The highest BCUT2D eigenvalue weighted by Gasteiger charge is 2.19. The normalized spacial score (nSPS) is 18.4. The first kappa shape index (κ1) is 17.0. The average Bonchev–Trinajstić information content (AvgIpc) is 2.55. The zero-order valence-electron chi connectivity index (χ0n) is 13.3. The highest BCUT2D eigenvalue weighted by molar-refractivity contribution is 7.92. The van der Waals surface area contributed by atoms with Gasteiger partial charge in [-0.3, -0.25) is 4.72 Å². The summed E-state index contributed by atoms with van der Waals surface area (Å²) in [6, 6.07) is 9.38. The molecule has 128 valence electrons. The van der Waals surface area contributed by atoms with Crippen LogP contribution in [-0.4, -0.2) is 31.7 Å². The molecule has 1 aromatic heterocycles. The van der Waals surface area contributed by atoms with Crippen LogP contribution in [0.5, 0.6) is 0 Å². The van der Waals surface area contributed by atoms with Gasteiger partial charge < -0.3 is 4.90 Å². The Morgan fingerprint density at radius 3 is 2.54 bits per heavy atom. The highest BCUT2D eigenvalue weighted by atomic mass is 35.5. The fourth-order valence-corrected chi connectivity index (χ4v) is 3.88. The van der Waals surface area contributed by atoms with E-state index in [2.05, 4.69) is 26.7 Å². The molecule has 8 heteroatoms. The van der Waals surface area contributed by atoms with Gasteiger partial charge >= 0.3 is 0 Å². The molecule has 0 radical (unpaired) electrons. The number of hydrogen-bond acceptors (Lipinski definition) is 5. The van der Waals surface area contributed by atoms with Gasteiger partial charge in [0.25, 0.3) is 10.0 Å². The summed E-state index contributed by atoms with van der Waals surface area (Å²) in [5.74, 6) is 1.60. The van der Waals surface area contributed by atoms with Crippen LogP contribution in [0.15, 0.2) is 41.3 Å². The number of nitrogens with zero attached hydrogens (tertiary/aromatic N) is 3. The Labute approximate surface area is 146 Å². The lowest BCUT2D eigenvalue weighted by Crippen LogP contribution is -2.34. The molecule has 6 nitrogen and oxygen atoms in total. The van der Waals surface area contributed by atoms with Gasteiger partial charge in [0.1, 0.15) is 0 Å². The second-order valence-electron chi connectivity index (χ2n) is 6.03. The van der Waals surface area contributed by atoms with Gasteiger partial charge in [-0.25, -0.2) is 8.42 Å². The van der Waals surface area contributed by atoms with Gasteiger partial charge in [0.15, 0.2) is 11.6 Å². The number of rotatable bonds is 4. The predicted octanol–water partition coefficient (Wildman–Crippen LogP) is 3.17. The molecule has 0 spiro atoms. The third-order valence-corrected chi connectivity index (χ3v) is 5.62. The van der Waals surface area contributed by atoms with E-state index in [1.807, 2.05) is 0 Å². The van der Waals surface area contributed by atoms with Crippen LogP contribution in [0, 0.1) is 5.92 Å². The number of halogens is 1. The quantitative estimate of drug-likeness (QED) is 0.899. The van der Waals surface area contributed by atoms with Gasteiger partial charge in [0.2, 0.25) is 0 Å². The van der Waals surface area contributed by atoms with Crippen molar-refractivity contribution in [2.45, 2.75) is 24.7 Å². The Hall–Kier alpha value is -1.86. The SMILES string of the molecule is CC1CCCN(c2ccc(NS(=O)(=O)c3ccc(Cl)cc3)nn2)C1. The minimum absolute atomic E-state index is 0.127. The number of piperidine rings is 1. The predicted molar refractivity (Wildman–Crippen MR) is 94.9 cm³/mol. The second kappa shape index (κ2) is 6.94. The van der Waals surface area contributed by atoms with Gasteiger partial charge in [-0.05, 0) is 55.2 Å². The Kier molecular flexibility index (Phi) is 4.91. The number of anilines is 2. The Balaban J connectivity index is 1.72. The minimum atomic E-state index is -3.70. The van der Waals surface area contributed by atoms with Crippen molar-refractivity contribution in [2.24, 2.45) is 5.92 Å². The lowest BCUT2D eigenvalue weighted by atomic mass is 10.0. The minimum Gasteiger partial charge on any atom is -0.355 e. The molecule has 1 saturated heterocycles. The summed E-state index contributed by atoms with van der Waals surface area (Å²) in [5, 5.41) is 8.64. The Morgan fingerprint density at radius 2 is 1.92 bits per heavy atom. The summed E-state index contributed by atoms with van der Waals surface area (Å²) >= 11 is 5.78. The maximum absolute atomic E-state index is 12.3. The summed E-state index contributed by atoms with van der Waals surface area (Å²) in [5.41, 5.74) is 0. The van der Waals surface area contributed by atoms with Crippen LogP contribution in [0.3, 0.4) is 0 Å². The van der Waals surface area contributed by atoms with Crippen molar-refractivity contribution in [2.75, 3.05) is 22.7 Å². The third kappa shape index (κ3) is 3.96. The molecule has 1 aromatic carbocycles. The monoisotopic (exact) mass is 366 g/mol. The molecule has 3 rings (SSSR count). The molecule has 0 aliphatic carbocycles. The molecular weight excluding hydrogens is 348 g/mol. The van der Waals surface area contributed by atoms with Gasteiger partial charge in [0, 0.05) is 18.1 Å². The largest absolute Gasteiger partial charge is 0.355 e. The maximum Gasteiger partial charge on any atom is 0.263 e. The van der Waals surface area contributed by atoms with E-state index < -0.39 is 10.0 Å². The molecule has 0 amide bonds. The number of hydrogen-bond donors (Lipinski definition) is 1. The van der Waals surface area contributed by atoms with E-state index in [0.717, 1.165) is 25.3 Å². The second-order valence-corrected chi connectivity index (χ2v) is 8.15. The molecule has 1 aliphatic heterocycles. The van der Waals surface area contributed by atoms with Crippen LogP contribution < -0.4 is 9.62 Å². The van der Waals surface area contributed by atoms with Crippen molar-refractivity contribution in [3.63, 3.8) is 0 Å². The molecule has 1 unspecified atom stereocenters. The van der Waals surface area contributed by atoms with Crippen LogP contribution in [0.2, 0.25) is 5.02 Å². The van der Waals surface area contributed by atoms with E-state index in [9.17, 15) is 8.42 Å². The van der Waals surface area contributed by atoms with Crippen LogP contribution in [0.1, 0.15) is 19.8 Å². The van der Waals surface area contributed by atoms with Gasteiger partial charge in [0.05, 0.1) is 4.90 Å². The summed E-state index contributed by atoms with van der Waals surface area (Å²) in [6.45, 7) is 4.12. The summed E-state index contributed by atoms with van der Waals surface area (Å²) in [7, 11) is -3.70. The van der Waals surface area contributed by atoms with Crippen LogP contribution >= 0.6 is 11.6 Å². The highest BCUT2D eigenvalue weighted by Crippen LogP contribution is 2.22. The van der Waals surface area contributed by atoms with Gasteiger partial charge in [-0.2, -0.15) is 0 Å². The number of sulfonamides is 1. The lowest BCUT2D eigenvalue weighted by Gasteiger charge is -2.31. The maximum atomic E-state index is 12.3. The molecule has 0 saturated carbocycles. The van der Waals surface area contributed by atoms with E-state index >= 15 is 0 Å². The Bertz CT molecular complexity index is 794. The molecule has 24 heavy (non-hydrogen) atoms. The van der Waals surface area contributed by atoms with Crippen molar-refractivity contribution >= 4 is 33.3 Å². The molecule has 1 fully saturated rings. The van der Waals surface area contributed by atoms with Crippen LogP contribution in [0.4, 0.5) is 11.6 Å². The summed E-state index contributed by atoms with van der Waals surface area (Å²) in [4.78, 5) is 2.31. The number of benzene rings is 1. The zero-order chi connectivity index (χ0) is 17.2. The third-order valence-electron chi connectivity index (χ3n) is 3.99. The van der Waals surface area contributed by atoms with Crippen molar-refractivity contribution in [1.82, 2.24) is 10.2 Å². The smallest absolute Gasteiger partial charge is 0.263 e. The first-order valence-corrected chi connectivity index (χ1v) is 9.67. The van der Waals surface area contributed by atoms with Crippen molar-refractivity contribution in [1.29, 1.82) is 0 Å². The number of aromatic nitrogens is 2. The van der Waals surface area contributed by atoms with Crippen LogP contribution in [0.25, 0.3) is 0 Å². The van der Waals surface area contributed by atoms with Crippen LogP contribution in [-0.2, 0) is 10.0 Å². The van der Waals surface area contributed by atoms with Crippen molar-refractivity contribution < 1.29 is 8.42 Å². The van der Waals surface area contributed by atoms with E-state index in [1.54, 1.807) is 12.1 Å². The topological polar surface area (TPSA) is 75.2 Å². The molecule has 1 atom stereocenters. The standard InChI is InChI=1S/C16H19ClN4O2S/c1-12-3-2-10-21(11-12)16-9-8-15(18-19-16)20-24(22,23)14-6-4-13(17)5-7-14/h4-9,12H,2-3,10-11H2,1H3,(H,18,20). The number of nitrogens with one attached hydrogen (secondary N) is 1. The van der Waals surface area contributed by atoms with Crippen molar-refractivity contribution in [3.8, 4) is 0 Å². The van der Waals surface area contributed by atoms with E-state index in [4.69, 9.17) is 11.6 Å². The first-order chi connectivity index (χ1) is 11.4. The molecule has 2 aromatic rings. The lowest BCUT2D eigenvalue weighted by molar-refractivity contribution is 0.444. The Morgan fingerprint density at radius 1 is 1.17 bits per heavy atom. The molecular formula is C16H19ClN4O2S. The fourth-order valence-electron chi connectivity index (χ4n) is 2.76. The average molecular weight is 367 g/mol. The van der Waals surface area contributed by atoms with Gasteiger partial charge in [-0.1, -0.05) is 18.5 Å². The van der Waals surface area contributed by atoms with E-state index in [-0.39, 0.29) is 10.7 Å². The summed E-state index contributed by atoms with van der Waals surface area (Å²) < 4.78 is 27.1. The fraction of sp³-hybridized carbons (Fsp3) is 0.375. The van der Waals surface area contributed by atoms with Gasteiger partial charge in [-0.15, -0.1) is 10.2 Å². The molecule has 1 N–H and O–H groups in total. The first-order valence-electron chi connectivity index (χ1n) is 7.81. The zero-order valence-corrected chi connectivity index (χ0v) is 14.9. The molecule has 0 bridgehead atoms. The summed E-state index contributed by atoms with van der Waals surface area (Å²) in [6.07, 6.45) is 2.36. The van der Waals surface area contributed by atoms with E-state index in [1.165, 1.54) is 30.7 Å². The van der Waals surface area contributed by atoms with Crippen molar-refractivity contribution in [3.05, 3.63) is 41.4 Å². The van der Waals surface area contributed by atoms with E-state index in [0.29, 0.717) is 10.9 Å².